The van der Waals surface area contributed by atoms with Crippen molar-refractivity contribution < 1.29 is 17.9 Å². The van der Waals surface area contributed by atoms with E-state index in [9.17, 15) is 13.2 Å². The minimum atomic E-state index is -3.80. The molecular weight excluding hydrogens is 290 g/mol. The van der Waals surface area contributed by atoms with Crippen LogP contribution in [0.3, 0.4) is 0 Å². The highest BCUT2D eigenvalue weighted by Crippen LogP contribution is 2.13. The van der Waals surface area contributed by atoms with Crippen molar-refractivity contribution in [3.63, 3.8) is 0 Å². The quantitative estimate of drug-likeness (QED) is 0.578. The second-order valence-corrected chi connectivity index (χ2v) is 6.07. The highest BCUT2D eigenvalue weighted by Gasteiger charge is 2.23. The number of carbonyl (C=O) groups excluding carboxylic acids is 1. The SMILES string of the molecule is COC(=O)CN(C)S(=O)(=O)c1ccc(C(N)=S)nc1. The van der Waals surface area contributed by atoms with E-state index < -0.39 is 16.0 Å². The van der Waals surface area contributed by atoms with Gasteiger partial charge in [-0.3, -0.25) is 9.78 Å². The number of methoxy groups -OCH3 is 1. The van der Waals surface area contributed by atoms with Crippen molar-refractivity contribution in [2.24, 2.45) is 5.73 Å². The van der Waals surface area contributed by atoms with Crippen LogP contribution in [0, 0.1) is 0 Å². The molecule has 0 saturated heterocycles. The van der Waals surface area contributed by atoms with Crippen LogP contribution in [0.25, 0.3) is 0 Å². The molecule has 1 aromatic rings. The van der Waals surface area contributed by atoms with E-state index in [0.29, 0.717) is 5.69 Å². The summed E-state index contributed by atoms with van der Waals surface area (Å²) in [5, 5.41) is 0. The summed E-state index contributed by atoms with van der Waals surface area (Å²) in [4.78, 5) is 14.9. The molecule has 0 spiro atoms. The molecule has 19 heavy (non-hydrogen) atoms. The Morgan fingerprint density at radius 1 is 1.53 bits per heavy atom. The summed E-state index contributed by atoms with van der Waals surface area (Å²) in [6.07, 6.45) is 1.14. The van der Waals surface area contributed by atoms with Gasteiger partial charge in [-0.25, -0.2) is 8.42 Å². The maximum Gasteiger partial charge on any atom is 0.321 e. The Morgan fingerprint density at radius 2 is 2.16 bits per heavy atom. The molecule has 1 rings (SSSR count). The van der Waals surface area contributed by atoms with E-state index in [1.807, 2.05) is 0 Å². The molecule has 0 amide bonds. The molecule has 0 aliphatic rings. The van der Waals surface area contributed by atoms with Gasteiger partial charge in [0, 0.05) is 13.2 Å². The molecule has 0 atom stereocenters. The van der Waals surface area contributed by atoms with Crippen molar-refractivity contribution in [2.45, 2.75) is 4.90 Å². The van der Waals surface area contributed by atoms with E-state index in [4.69, 9.17) is 18.0 Å². The lowest BCUT2D eigenvalue weighted by molar-refractivity contribution is -0.140. The van der Waals surface area contributed by atoms with Gasteiger partial charge in [0.1, 0.15) is 16.4 Å². The molecule has 0 fully saturated rings. The Labute approximate surface area is 116 Å². The van der Waals surface area contributed by atoms with Crippen molar-refractivity contribution in [1.82, 2.24) is 9.29 Å². The molecule has 0 bridgehead atoms. The molecular formula is C10H13N3O4S2. The van der Waals surface area contributed by atoms with E-state index in [0.717, 1.165) is 10.5 Å². The van der Waals surface area contributed by atoms with E-state index in [-0.39, 0.29) is 16.4 Å². The van der Waals surface area contributed by atoms with Gasteiger partial charge in [-0.1, -0.05) is 12.2 Å². The van der Waals surface area contributed by atoms with Gasteiger partial charge in [0.2, 0.25) is 10.0 Å². The molecule has 0 aliphatic carbocycles. The first-order valence-electron chi connectivity index (χ1n) is 5.08. The molecule has 0 radical (unpaired) electrons. The zero-order valence-corrected chi connectivity index (χ0v) is 12.0. The number of sulfonamides is 1. The van der Waals surface area contributed by atoms with Crippen LogP contribution < -0.4 is 5.73 Å². The van der Waals surface area contributed by atoms with Gasteiger partial charge in [0.25, 0.3) is 0 Å². The molecule has 7 nitrogen and oxygen atoms in total. The summed E-state index contributed by atoms with van der Waals surface area (Å²) in [5.74, 6) is -0.654. The van der Waals surface area contributed by atoms with Crippen LogP contribution in [0.1, 0.15) is 5.69 Å². The maximum atomic E-state index is 12.1. The van der Waals surface area contributed by atoms with Crippen LogP contribution in [0.4, 0.5) is 0 Å². The predicted molar refractivity (Wildman–Crippen MR) is 72.0 cm³/mol. The van der Waals surface area contributed by atoms with Crippen molar-refractivity contribution in [2.75, 3.05) is 20.7 Å². The first-order chi connectivity index (χ1) is 8.78. The van der Waals surface area contributed by atoms with Gasteiger partial charge in [-0.15, -0.1) is 0 Å². The lowest BCUT2D eigenvalue weighted by atomic mass is 10.3. The average molecular weight is 303 g/mol. The monoisotopic (exact) mass is 303 g/mol. The Balaban J connectivity index is 3.00. The molecule has 2 N–H and O–H groups in total. The molecule has 9 heteroatoms. The summed E-state index contributed by atoms with van der Waals surface area (Å²) in [6.45, 7) is -0.379. The number of carbonyl (C=O) groups is 1. The summed E-state index contributed by atoms with van der Waals surface area (Å²) in [6, 6.07) is 2.73. The number of hydrogen-bond donors (Lipinski definition) is 1. The van der Waals surface area contributed by atoms with Crippen molar-refractivity contribution >= 4 is 33.2 Å². The van der Waals surface area contributed by atoms with Crippen LogP contribution in [0.5, 0.6) is 0 Å². The Kier molecular flexibility index (Phi) is 4.92. The Morgan fingerprint density at radius 3 is 2.58 bits per heavy atom. The lowest BCUT2D eigenvalue weighted by Crippen LogP contribution is -2.32. The zero-order valence-electron chi connectivity index (χ0n) is 10.4. The van der Waals surface area contributed by atoms with E-state index >= 15 is 0 Å². The molecule has 0 saturated carbocycles. The Bertz CT molecular complexity index is 583. The van der Waals surface area contributed by atoms with E-state index in [1.165, 1.54) is 26.3 Å². The van der Waals surface area contributed by atoms with Gasteiger partial charge in [0.05, 0.1) is 12.8 Å². The topological polar surface area (TPSA) is 103 Å². The number of pyridine rings is 1. The molecule has 0 aromatic carbocycles. The van der Waals surface area contributed by atoms with Gasteiger partial charge < -0.3 is 10.5 Å². The second kappa shape index (κ2) is 6.04. The highest BCUT2D eigenvalue weighted by atomic mass is 32.2. The van der Waals surface area contributed by atoms with Crippen LogP contribution in [-0.2, 0) is 19.6 Å². The lowest BCUT2D eigenvalue weighted by Gasteiger charge is -2.15. The molecule has 1 heterocycles. The van der Waals surface area contributed by atoms with Crippen molar-refractivity contribution in [1.29, 1.82) is 0 Å². The molecule has 0 unspecified atom stereocenters. The summed E-state index contributed by atoms with van der Waals surface area (Å²) in [5.41, 5.74) is 5.69. The predicted octanol–water partition coefficient (Wildman–Crippen LogP) is -0.491. The average Bonchev–Trinajstić information content (AvgIpc) is 2.38. The van der Waals surface area contributed by atoms with Gasteiger partial charge in [-0.2, -0.15) is 4.31 Å². The number of likely N-dealkylation sites (N-methyl/N-ethyl adjacent to an activating group) is 1. The summed E-state index contributed by atoms with van der Waals surface area (Å²) < 4.78 is 29.4. The third-order valence-corrected chi connectivity index (χ3v) is 4.27. The van der Waals surface area contributed by atoms with Crippen molar-refractivity contribution in [3.8, 4) is 0 Å². The first kappa shape index (κ1) is 15.5. The number of rotatable bonds is 5. The van der Waals surface area contributed by atoms with Gasteiger partial charge in [0.15, 0.2) is 0 Å². The third-order valence-electron chi connectivity index (χ3n) is 2.28. The number of nitrogens with two attached hydrogens (primary N) is 1. The van der Waals surface area contributed by atoms with Crippen LogP contribution >= 0.6 is 12.2 Å². The maximum absolute atomic E-state index is 12.1. The third kappa shape index (κ3) is 3.69. The smallest absolute Gasteiger partial charge is 0.321 e. The van der Waals surface area contributed by atoms with E-state index in [2.05, 4.69) is 9.72 Å². The number of thiocarbonyl (C=S) groups is 1. The van der Waals surface area contributed by atoms with Gasteiger partial charge in [-0.05, 0) is 12.1 Å². The summed E-state index contributed by atoms with van der Waals surface area (Å²) in [7, 11) is -1.35. The number of nitrogens with zero attached hydrogens (tertiary/aromatic N) is 2. The number of hydrogen-bond acceptors (Lipinski definition) is 6. The zero-order chi connectivity index (χ0) is 14.6. The molecule has 104 valence electrons. The highest BCUT2D eigenvalue weighted by molar-refractivity contribution is 7.89. The number of ether oxygens (including phenoxy) is 1. The standard InChI is InChI=1S/C10H13N3O4S2/c1-13(6-9(14)17-2)19(15,16)7-3-4-8(10(11)18)12-5-7/h3-5H,6H2,1-2H3,(H2,11,18). The van der Waals surface area contributed by atoms with E-state index in [1.54, 1.807) is 0 Å². The second-order valence-electron chi connectivity index (χ2n) is 3.58. The normalized spacial score (nSPS) is 11.3. The first-order valence-corrected chi connectivity index (χ1v) is 6.93. The summed E-state index contributed by atoms with van der Waals surface area (Å²) >= 11 is 4.72. The van der Waals surface area contributed by atoms with Crippen molar-refractivity contribution in [3.05, 3.63) is 24.0 Å². The fourth-order valence-electron chi connectivity index (χ4n) is 1.19. The largest absolute Gasteiger partial charge is 0.468 e. The minimum absolute atomic E-state index is 0.0566. The Hall–Kier alpha value is -1.58. The van der Waals surface area contributed by atoms with Crippen LogP contribution in [0.2, 0.25) is 0 Å². The molecule has 1 aromatic heterocycles. The fourth-order valence-corrected chi connectivity index (χ4v) is 2.37. The minimum Gasteiger partial charge on any atom is -0.468 e. The van der Waals surface area contributed by atoms with Crippen LogP contribution in [-0.4, -0.2) is 49.4 Å². The molecule has 0 aliphatic heterocycles. The fraction of sp³-hybridized carbons (Fsp3) is 0.300. The van der Waals surface area contributed by atoms with Crippen LogP contribution in [0.15, 0.2) is 23.2 Å². The number of aromatic nitrogens is 1. The number of esters is 1. The van der Waals surface area contributed by atoms with Gasteiger partial charge >= 0.3 is 5.97 Å².